The van der Waals surface area contributed by atoms with Crippen molar-refractivity contribution in [3.8, 4) is 0 Å². The van der Waals surface area contributed by atoms with E-state index < -0.39 is 5.97 Å². The maximum Gasteiger partial charge on any atom is 0.306 e. The van der Waals surface area contributed by atoms with E-state index in [0.717, 1.165) is 12.8 Å². The lowest BCUT2D eigenvalue weighted by Gasteiger charge is -2.51. The second-order valence-electron chi connectivity index (χ2n) is 5.25. The van der Waals surface area contributed by atoms with Crippen LogP contribution in [-0.4, -0.2) is 26.7 Å². The lowest BCUT2D eigenvalue weighted by molar-refractivity contribution is -0.144. The number of carbonyl (C=O) groups is 1. The molecule has 3 rings (SSSR count). The zero-order valence-corrected chi connectivity index (χ0v) is 11.0. The van der Waals surface area contributed by atoms with Crippen LogP contribution in [0.4, 0.5) is 0 Å². The topological polar surface area (TPSA) is 37.3 Å². The molecule has 1 unspecified atom stereocenters. The average molecular weight is 258 g/mol. The summed E-state index contributed by atoms with van der Waals surface area (Å²) in [6.07, 6.45) is 5.72. The van der Waals surface area contributed by atoms with Gasteiger partial charge in [-0.2, -0.15) is 0 Å². The highest BCUT2D eigenvalue weighted by Crippen LogP contribution is 2.64. The number of carboxylic acid groups (broad SMARTS) is 1. The van der Waals surface area contributed by atoms with Crippen LogP contribution in [0.2, 0.25) is 0 Å². The van der Waals surface area contributed by atoms with Gasteiger partial charge in [-0.3, -0.25) is 4.79 Å². The van der Waals surface area contributed by atoms with Crippen molar-refractivity contribution in [1.82, 2.24) is 0 Å². The molecule has 1 aliphatic heterocycles. The fraction of sp³-hybridized carbons (Fsp3) is 0.917. The molecule has 3 atom stereocenters. The van der Waals surface area contributed by atoms with Crippen LogP contribution in [0.25, 0.3) is 0 Å². The van der Waals surface area contributed by atoms with E-state index in [1.807, 2.05) is 0 Å². The Morgan fingerprint density at radius 2 is 1.69 bits per heavy atom. The van der Waals surface area contributed by atoms with E-state index >= 15 is 0 Å². The van der Waals surface area contributed by atoms with E-state index in [2.05, 4.69) is 23.5 Å². The Labute approximate surface area is 105 Å². The molecule has 2 aliphatic carbocycles. The lowest BCUT2D eigenvalue weighted by atomic mass is 9.67. The van der Waals surface area contributed by atoms with Gasteiger partial charge < -0.3 is 5.11 Å². The Morgan fingerprint density at radius 3 is 2.19 bits per heavy atom. The molecular formula is C12H18O2S2. The zero-order valence-electron chi connectivity index (χ0n) is 9.35. The third-order valence-electron chi connectivity index (χ3n) is 4.47. The molecule has 16 heavy (non-hydrogen) atoms. The Morgan fingerprint density at radius 1 is 1.12 bits per heavy atom. The van der Waals surface area contributed by atoms with Gasteiger partial charge in [0, 0.05) is 11.5 Å². The van der Waals surface area contributed by atoms with Crippen LogP contribution in [0.15, 0.2) is 0 Å². The van der Waals surface area contributed by atoms with E-state index in [9.17, 15) is 9.90 Å². The van der Waals surface area contributed by atoms with Gasteiger partial charge in [-0.15, -0.1) is 23.5 Å². The van der Waals surface area contributed by atoms with E-state index in [-0.39, 0.29) is 5.92 Å². The van der Waals surface area contributed by atoms with E-state index in [4.69, 9.17) is 0 Å². The van der Waals surface area contributed by atoms with Gasteiger partial charge in [-0.05, 0) is 37.5 Å². The first-order valence-electron chi connectivity index (χ1n) is 6.23. The summed E-state index contributed by atoms with van der Waals surface area (Å²) < 4.78 is 0.421. The Bertz CT molecular complexity index is 283. The molecule has 2 saturated carbocycles. The Hall–Kier alpha value is 0.170. The van der Waals surface area contributed by atoms with Crippen molar-refractivity contribution in [1.29, 1.82) is 0 Å². The summed E-state index contributed by atoms with van der Waals surface area (Å²) in [6, 6.07) is 0. The van der Waals surface area contributed by atoms with Crippen molar-refractivity contribution in [2.75, 3.05) is 11.5 Å². The molecule has 3 fully saturated rings. The largest absolute Gasteiger partial charge is 0.481 e. The van der Waals surface area contributed by atoms with Gasteiger partial charge in [-0.25, -0.2) is 0 Å². The van der Waals surface area contributed by atoms with E-state index in [1.165, 1.54) is 30.8 Å². The first-order valence-corrected chi connectivity index (χ1v) is 8.20. The van der Waals surface area contributed by atoms with Crippen LogP contribution in [-0.2, 0) is 4.79 Å². The summed E-state index contributed by atoms with van der Waals surface area (Å²) in [5, 5.41) is 9.21. The van der Waals surface area contributed by atoms with Crippen LogP contribution in [0.1, 0.15) is 32.1 Å². The minimum atomic E-state index is -0.556. The molecule has 1 spiro atoms. The summed E-state index contributed by atoms with van der Waals surface area (Å²) >= 11 is 4.28. The fourth-order valence-electron chi connectivity index (χ4n) is 3.81. The molecule has 2 bridgehead atoms. The molecule has 0 amide bonds. The maximum atomic E-state index is 11.2. The summed E-state index contributed by atoms with van der Waals surface area (Å²) in [5.41, 5.74) is 0. The van der Waals surface area contributed by atoms with Crippen molar-refractivity contribution in [2.24, 2.45) is 17.8 Å². The molecular weight excluding hydrogens is 240 g/mol. The highest BCUT2D eigenvalue weighted by Gasteiger charge is 2.55. The average Bonchev–Trinajstić information content (AvgIpc) is 2.66. The Balaban J connectivity index is 1.85. The number of carboxylic acids is 1. The van der Waals surface area contributed by atoms with Crippen molar-refractivity contribution < 1.29 is 9.90 Å². The lowest BCUT2D eigenvalue weighted by Crippen LogP contribution is -2.47. The van der Waals surface area contributed by atoms with Crippen LogP contribution in [0.3, 0.4) is 0 Å². The van der Waals surface area contributed by atoms with Crippen molar-refractivity contribution in [3.05, 3.63) is 0 Å². The van der Waals surface area contributed by atoms with Gasteiger partial charge in [0.25, 0.3) is 0 Å². The first-order chi connectivity index (χ1) is 7.72. The molecule has 3 aliphatic rings. The van der Waals surface area contributed by atoms with E-state index in [0.29, 0.717) is 15.9 Å². The molecule has 0 aromatic heterocycles. The predicted octanol–water partition coefficient (Wildman–Crippen LogP) is 3.07. The maximum absolute atomic E-state index is 11.2. The number of rotatable bonds is 1. The first kappa shape index (κ1) is 11.3. The second kappa shape index (κ2) is 4.13. The molecule has 0 aromatic carbocycles. The summed E-state index contributed by atoms with van der Waals surface area (Å²) in [6.45, 7) is 0. The fourth-order valence-corrected chi connectivity index (χ4v) is 7.75. The normalized spacial score (nSPS) is 41.1. The number of hydrogen-bond donors (Lipinski definition) is 1. The minimum Gasteiger partial charge on any atom is -0.481 e. The SMILES string of the molecule is O=C(O)C1C[C@H]2CCC[C@@H](C1)C21SCCS1. The van der Waals surface area contributed by atoms with Crippen molar-refractivity contribution >= 4 is 29.5 Å². The molecule has 1 N–H and O–H groups in total. The van der Waals surface area contributed by atoms with Crippen molar-refractivity contribution in [3.63, 3.8) is 0 Å². The Kier molecular flexibility index (Phi) is 2.91. The van der Waals surface area contributed by atoms with Crippen LogP contribution < -0.4 is 0 Å². The van der Waals surface area contributed by atoms with E-state index in [1.54, 1.807) is 0 Å². The minimum absolute atomic E-state index is 0.0530. The second-order valence-corrected chi connectivity index (χ2v) is 8.25. The quantitative estimate of drug-likeness (QED) is 0.784. The van der Waals surface area contributed by atoms with Crippen LogP contribution in [0.5, 0.6) is 0 Å². The third-order valence-corrected chi connectivity index (χ3v) is 8.49. The molecule has 1 heterocycles. The van der Waals surface area contributed by atoms with Gasteiger partial charge in [0.05, 0.1) is 10.00 Å². The van der Waals surface area contributed by atoms with Crippen molar-refractivity contribution in [2.45, 2.75) is 36.2 Å². The molecule has 0 radical (unpaired) electrons. The highest BCUT2D eigenvalue weighted by atomic mass is 32.2. The highest BCUT2D eigenvalue weighted by molar-refractivity contribution is 8.21. The number of thioether (sulfide) groups is 2. The van der Waals surface area contributed by atoms with Gasteiger partial charge in [0.2, 0.25) is 0 Å². The zero-order chi connectivity index (χ0) is 11.2. The van der Waals surface area contributed by atoms with Gasteiger partial charge in [0.15, 0.2) is 0 Å². The molecule has 4 heteroatoms. The molecule has 2 nitrogen and oxygen atoms in total. The third kappa shape index (κ3) is 1.60. The van der Waals surface area contributed by atoms with Gasteiger partial charge in [0.1, 0.15) is 0 Å². The number of hydrogen-bond acceptors (Lipinski definition) is 3. The monoisotopic (exact) mass is 258 g/mol. The number of aliphatic carboxylic acids is 1. The summed E-state index contributed by atoms with van der Waals surface area (Å²) in [4.78, 5) is 11.2. The standard InChI is InChI=1S/C12H18O2S2/c13-11(14)8-6-9-2-1-3-10(7-8)12(9)15-4-5-16-12/h8-10H,1-7H2,(H,13,14)/t8?,9-,10+. The predicted molar refractivity (Wildman–Crippen MR) is 68.8 cm³/mol. The molecule has 0 aromatic rings. The van der Waals surface area contributed by atoms with Crippen LogP contribution in [0, 0.1) is 17.8 Å². The molecule has 1 saturated heterocycles. The summed E-state index contributed by atoms with van der Waals surface area (Å²) in [5.74, 6) is 3.27. The van der Waals surface area contributed by atoms with Gasteiger partial charge >= 0.3 is 5.97 Å². The van der Waals surface area contributed by atoms with Gasteiger partial charge in [-0.1, -0.05) is 6.42 Å². The smallest absolute Gasteiger partial charge is 0.306 e. The summed E-state index contributed by atoms with van der Waals surface area (Å²) in [7, 11) is 0. The molecule has 90 valence electrons. The van der Waals surface area contributed by atoms with Crippen LogP contribution >= 0.6 is 23.5 Å².